The molecule has 67 heavy (non-hydrogen) atoms. The molecule has 352 valence electrons. The van der Waals surface area contributed by atoms with Crippen molar-refractivity contribution in [3.63, 3.8) is 0 Å². The quantitative estimate of drug-likeness (QED) is 0.0663. The highest BCUT2D eigenvalue weighted by Gasteiger charge is 2.38. The van der Waals surface area contributed by atoms with Gasteiger partial charge in [-0.2, -0.15) is 10.5 Å². The van der Waals surface area contributed by atoms with Gasteiger partial charge in [0.2, 0.25) is 23.6 Å². The Morgan fingerprint density at radius 1 is 0.776 bits per heavy atom. The van der Waals surface area contributed by atoms with Crippen molar-refractivity contribution in [1.29, 1.82) is 10.5 Å². The van der Waals surface area contributed by atoms with E-state index in [0.717, 1.165) is 38.2 Å². The average molecular weight is 921 g/mol. The Balaban J connectivity index is 0.916. The number of carbonyl (C=O) groups excluding carboxylic acids is 6. The van der Waals surface area contributed by atoms with Gasteiger partial charge in [-0.25, -0.2) is 8.78 Å². The van der Waals surface area contributed by atoms with Crippen molar-refractivity contribution in [3.8, 4) is 17.9 Å². The largest absolute Gasteiger partial charge is 0.493 e. The van der Waals surface area contributed by atoms with Crippen molar-refractivity contribution in [2.75, 3.05) is 19.7 Å². The second-order valence-corrected chi connectivity index (χ2v) is 18.3. The summed E-state index contributed by atoms with van der Waals surface area (Å²) >= 11 is 0. The van der Waals surface area contributed by atoms with Gasteiger partial charge in [0, 0.05) is 52.7 Å². The predicted octanol–water partition coefficient (Wildman–Crippen LogP) is 4.37. The van der Waals surface area contributed by atoms with Crippen LogP contribution in [0.4, 0.5) is 8.78 Å². The molecule has 17 nitrogen and oxygen atoms in total. The highest BCUT2D eigenvalue weighted by Crippen LogP contribution is 2.37. The Morgan fingerprint density at radius 2 is 1.39 bits per heavy atom. The molecule has 4 heterocycles. The summed E-state index contributed by atoms with van der Waals surface area (Å²) in [5, 5.41) is 37.0. The minimum absolute atomic E-state index is 0.0543. The minimum atomic E-state index is -1.18. The molecule has 0 radical (unpaired) electrons. The number of fused-ring (bicyclic) bond motifs is 2. The molecular weight excluding hydrogens is 867 g/mol. The van der Waals surface area contributed by atoms with Crippen LogP contribution in [-0.2, 0) is 19.2 Å². The number of nitrogens with zero attached hydrogens (tertiary/aromatic N) is 2. The fourth-order valence-corrected chi connectivity index (χ4v) is 9.34. The highest BCUT2D eigenvalue weighted by molar-refractivity contribution is 6.02. The number of hydrogen-bond donors (Lipinski definition) is 8. The van der Waals surface area contributed by atoms with E-state index in [1.54, 1.807) is 24.3 Å². The van der Waals surface area contributed by atoms with Gasteiger partial charge in [-0.1, -0.05) is 31.7 Å². The molecule has 2 aromatic heterocycles. The summed E-state index contributed by atoms with van der Waals surface area (Å²) in [6.45, 7) is 2.73. The van der Waals surface area contributed by atoms with Crippen molar-refractivity contribution in [1.82, 2.24) is 41.9 Å². The highest BCUT2D eigenvalue weighted by atomic mass is 19.1. The van der Waals surface area contributed by atoms with E-state index in [0.29, 0.717) is 49.1 Å². The molecule has 1 unspecified atom stereocenters. The zero-order valence-electron chi connectivity index (χ0n) is 37.1. The number of hydrogen-bond acceptors (Lipinski definition) is 9. The monoisotopic (exact) mass is 920 g/mol. The summed E-state index contributed by atoms with van der Waals surface area (Å²) in [5.74, 6) is -6.22. The first kappa shape index (κ1) is 46.5. The Morgan fingerprint density at radius 3 is 1.99 bits per heavy atom. The van der Waals surface area contributed by atoms with E-state index in [1.807, 2.05) is 19.1 Å². The number of piperidine rings is 2. The van der Waals surface area contributed by atoms with Crippen molar-refractivity contribution in [3.05, 3.63) is 65.0 Å². The molecule has 19 heteroatoms. The Labute approximate surface area is 384 Å². The molecule has 7 atom stereocenters. The topological polar surface area (TPSA) is 263 Å². The van der Waals surface area contributed by atoms with E-state index >= 15 is 8.78 Å². The van der Waals surface area contributed by atoms with Crippen LogP contribution in [0.5, 0.6) is 5.75 Å². The summed E-state index contributed by atoms with van der Waals surface area (Å²) in [4.78, 5) is 85.6. The molecule has 4 aliphatic rings. The summed E-state index contributed by atoms with van der Waals surface area (Å²) in [7, 11) is 0. The van der Waals surface area contributed by atoms with Gasteiger partial charge in [0.1, 0.15) is 47.1 Å². The smallest absolute Gasteiger partial charge is 0.268 e. The minimum Gasteiger partial charge on any atom is -0.493 e. The maximum Gasteiger partial charge on any atom is 0.268 e. The normalized spacial score (nSPS) is 21.1. The number of rotatable bonds is 19. The summed E-state index contributed by atoms with van der Waals surface area (Å²) in [6, 6.07) is 9.32. The average Bonchev–Trinajstić information content (AvgIpc) is 4.23. The van der Waals surface area contributed by atoms with Crippen LogP contribution >= 0.6 is 0 Å². The number of nitrogens with one attached hydrogen (secondary N) is 8. The molecule has 0 spiro atoms. The van der Waals surface area contributed by atoms with E-state index in [-0.39, 0.29) is 71.4 Å². The second kappa shape index (κ2) is 20.2. The van der Waals surface area contributed by atoms with Gasteiger partial charge in [0.15, 0.2) is 5.82 Å². The summed E-state index contributed by atoms with van der Waals surface area (Å²) in [6.07, 6.45) is 5.40. The third kappa shape index (κ3) is 11.0. The first-order valence-electron chi connectivity index (χ1n) is 23.1. The number of benzene rings is 2. The predicted molar refractivity (Wildman–Crippen MR) is 239 cm³/mol. The van der Waals surface area contributed by atoms with Crippen LogP contribution < -0.4 is 36.6 Å². The Hall–Kier alpha value is -7.02. The molecule has 2 saturated carbocycles. The van der Waals surface area contributed by atoms with E-state index in [9.17, 15) is 39.3 Å². The zero-order valence-corrected chi connectivity index (χ0v) is 37.1. The number of amides is 6. The fraction of sp³-hybridized carbons (Fsp3) is 0.500. The molecule has 4 aromatic rings. The van der Waals surface area contributed by atoms with Crippen molar-refractivity contribution in [2.24, 2.45) is 23.7 Å². The molecule has 2 aliphatic heterocycles. The SMILES string of the molecule is CCOc1cccc2[nH]c(C(=O)N[C@@H](CC3CC3)C(=O)N[C@H](C#N)C[C@@H]3CC(c4c(F)cc5cc(C(=O)N[C@@H](CC6CC6)C(=O)N[C@H](C#N)C[C@@H]6CCCNC6=O)[nH]c5c4F)CNC3=O)cc12. The van der Waals surface area contributed by atoms with E-state index in [2.05, 4.69) is 41.9 Å². The number of ether oxygens (including phenoxy) is 1. The van der Waals surface area contributed by atoms with E-state index < -0.39 is 83.1 Å². The fourth-order valence-electron chi connectivity index (χ4n) is 9.34. The van der Waals surface area contributed by atoms with Gasteiger partial charge >= 0.3 is 0 Å². The molecule has 2 aliphatic carbocycles. The number of aromatic amines is 2. The summed E-state index contributed by atoms with van der Waals surface area (Å²) < 4.78 is 38.1. The van der Waals surface area contributed by atoms with Crippen LogP contribution in [0.2, 0.25) is 0 Å². The van der Waals surface area contributed by atoms with Gasteiger partial charge in [0.25, 0.3) is 11.8 Å². The maximum atomic E-state index is 16.4. The van der Waals surface area contributed by atoms with Gasteiger partial charge in [-0.3, -0.25) is 28.8 Å². The third-order valence-corrected chi connectivity index (χ3v) is 13.3. The second-order valence-electron chi connectivity index (χ2n) is 18.3. The van der Waals surface area contributed by atoms with E-state index in [1.165, 1.54) is 6.07 Å². The number of H-pyrrole nitrogens is 2. The van der Waals surface area contributed by atoms with Crippen LogP contribution in [0.25, 0.3) is 21.8 Å². The van der Waals surface area contributed by atoms with Crippen LogP contribution in [-0.4, -0.2) is 89.3 Å². The van der Waals surface area contributed by atoms with Gasteiger partial charge in [-0.05, 0) is 94.0 Å². The number of halogens is 2. The van der Waals surface area contributed by atoms with Crippen LogP contribution in [0.15, 0.2) is 36.4 Å². The third-order valence-electron chi connectivity index (χ3n) is 13.3. The lowest BCUT2D eigenvalue weighted by Gasteiger charge is -2.31. The van der Waals surface area contributed by atoms with Crippen molar-refractivity contribution < 1.29 is 42.3 Å². The zero-order chi connectivity index (χ0) is 47.4. The number of nitriles is 2. The van der Waals surface area contributed by atoms with Gasteiger partial charge < -0.3 is 46.6 Å². The Kier molecular flexibility index (Phi) is 14.0. The molecule has 8 rings (SSSR count). The molecular formula is C48H54F2N10O7. The molecule has 6 amide bonds. The lowest BCUT2D eigenvalue weighted by molar-refractivity contribution is -0.128. The summed E-state index contributed by atoms with van der Waals surface area (Å²) in [5.41, 5.74) is 0.273. The van der Waals surface area contributed by atoms with E-state index in [4.69, 9.17) is 4.74 Å². The van der Waals surface area contributed by atoms with Gasteiger partial charge in [0.05, 0.1) is 24.3 Å². The molecule has 2 aromatic carbocycles. The lowest BCUT2D eigenvalue weighted by Crippen LogP contribution is -2.51. The molecule has 8 N–H and O–H groups in total. The standard InChI is InChI=1S/C48H54F2N10O7/c1-2-67-39-7-3-6-34-32(39)20-38(57-34)48(66)60-36(14-25-10-11-25)46(64)56-31(22-52)17-28-15-29(23-54-44(28)62)40-33(49)18-27-19-37(58-42(27)41(40)50)47(65)59-35(13-24-8-9-24)45(63)55-30(21-51)16-26-5-4-12-53-43(26)61/h3,6-7,18-20,24-26,28-31,35-36,57-58H,2,4-5,8-17,23H2,1H3,(H,53,61)(H,54,62)(H,55,63)(H,56,64)(H,59,65)(H,60,66)/t26-,28-,29?,30-,31-,35-,36-/m0/s1. The first-order chi connectivity index (χ1) is 32.3. The first-order valence-corrected chi connectivity index (χ1v) is 23.1. The Bertz CT molecular complexity index is 2660. The number of aromatic nitrogens is 2. The van der Waals surface area contributed by atoms with Crippen molar-refractivity contribution >= 4 is 57.2 Å². The lowest BCUT2D eigenvalue weighted by atomic mass is 9.81. The molecule has 4 fully saturated rings. The van der Waals surface area contributed by atoms with Crippen LogP contribution in [0.3, 0.4) is 0 Å². The van der Waals surface area contributed by atoms with Crippen LogP contribution in [0.1, 0.15) is 110 Å². The van der Waals surface area contributed by atoms with Crippen molar-refractivity contribution in [2.45, 2.75) is 108 Å². The maximum absolute atomic E-state index is 16.4. The molecule has 2 saturated heterocycles. The van der Waals surface area contributed by atoms with Gasteiger partial charge in [-0.15, -0.1) is 0 Å². The van der Waals surface area contributed by atoms with Crippen LogP contribution in [0, 0.1) is 58.0 Å². The number of carbonyl (C=O) groups is 6. The molecule has 0 bridgehead atoms.